The smallest absolute Gasteiger partial charge is 0.318 e. The van der Waals surface area contributed by atoms with E-state index < -0.39 is 0 Å². The number of likely N-dealkylation sites (N-methyl/N-ethyl adjacent to an activating group) is 1. The monoisotopic (exact) mass is 360 g/mol. The molecular weight excluding hydrogens is 336 g/mol. The van der Waals surface area contributed by atoms with Crippen LogP contribution in [0.5, 0.6) is 0 Å². The maximum Gasteiger partial charge on any atom is 0.318 e. The van der Waals surface area contributed by atoms with Crippen molar-refractivity contribution in [2.45, 2.75) is 19.2 Å². The molecule has 1 N–H and O–H groups in total. The molecule has 7 heteroatoms. The molecule has 0 radical (unpaired) electrons. The van der Waals surface area contributed by atoms with Crippen LogP contribution in [0, 0.1) is 0 Å². The van der Waals surface area contributed by atoms with Crippen LogP contribution in [0.25, 0.3) is 0 Å². The molecule has 1 atom stereocenters. The molecule has 0 bridgehead atoms. The summed E-state index contributed by atoms with van der Waals surface area (Å²) < 4.78 is 5.72. The Balaban J connectivity index is 1.60. The van der Waals surface area contributed by atoms with Gasteiger partial charge in [-0.2, -0.15) is 0 Å². The molecule has 134 valence electrons. The van der Waals surface area contributed by atoms with Crippen LogP contribution in [0.3, 0.4) is 0 Å². The fraction of sp³-hybridized carbons (Fsp3) is 0.444. The minimum absolute atomic E-state index is 0.0427. The Bertz CT molecular complexity index is 650. The van der Waals surface area contributed by atoms with Crippen LogP contribution in [-0.4, -0.2) is 60.2 Å². The Morgan fingerprint density at radius 1 is 1.40 bits per heavy atom. The molecule has 1 aliphatic rings. The Morgan fingerprint density at radius 3 is 2.96 bits per heavy atom. The maximum absolute atomic E-state index is 12.7. The highest BCUT2D eigenvalue weighted by molar-refractivity contribution is 7.09. The lowest BCUT2D eigenvalue weighted by molar-refractivity contribution is -0.0173. The summed E-state index contributed by atoms with van der Waals surface area (Å²) in [6.07, 6.45) is 1.81. The summed E-state index contributed by atoms with van der Waals surface area (Å²) in [6, 6.07) is 9.92. The van der Waals surface area contributed by atoms with E-state index >= 15 is 0 Å². The van der Waals surface area contributed by atoms with E-state index in [4.69, 9.17) is 4.74 Å². The molecule has 25 heavy (non-hydrogen) atoms. The molecular formula is C18H24N4O2S. The lowest BCUT2D eigenvalue weighted by atomic mass is 10.2. The molecule has 0 aliphatic carbocycles. The van der Waals surface area contributed by atoms with Gasteiger partial charge in [0.15, 0.2) is 0 Å². The zero-order chi connectivity index (χ0) is 17.5. The van der Waals surface area contributed by atoms with Crippen molar-refractivity contribution in [3.63, 3.8) is 0 Å². The number of morpholine rings is 1. The van der Waals surface area contributed by atoms with E-state index in [9.17, 15) is 4.79 Å². The molecule has 2 amide bonds. The summed E-state index contributed by atoms with van der Waals surface area (Å²) in [5.74, 6) is 0. The van der Waals surface area contributed by atoms with E-state index in [1.807, 2.05) is 35.7 Å². The topological polar surface area (TPSA) is 57.7 Å². The predicted molar refractivity (Wildman–Crippen MR) is 98.4 cm³/mol. The van der Waals surface area contributed by atoms with Gasteiger partial charge in [-0.3, -0.25) is 0 Å². The first kappa shape index (κ1) is 17.8. The second kappa shape index (κ2) is 8.94. The molecule has 1 aromatic heterocycles. The summed E-state index contributed by atoms with van der Waals surface area (Å²) in [5, 5.41) is 5.88. The number of nitrogens with zero attached hydrogens (tertiary/aromatic N) is 3. The van der Waals surface area contributed by atoms with Crippen molar-refractivity contribution in [3.8, 4) is 0 Å². The van der Waals surface area contributed by atoms with Crippen LogP contribution in [0.4, 0.5) is 4.79 Å². The van der Waals surface area contributed by atoms with Crippen molar-refractivity contribution in [3.05, 3.63) is 52.5 Å². The van der Waals surface area contributed by atoms with Gasteiger partial charge in [0.1, 0.15) is 5.01 Å². The molecule has 3 rings (SSSR count). The number of aromatic nitrogens is 1. The number of hydrogen-bond donors (Lipinski definition) is 1. The first-order chi connectivity index (χ1) is 12.2. The molecule has 0 saturated carbocycles. The number of thiazole rings is 1. The number of nitrogens with one attached hydrogen (secondary N) is 1. The number of carbonyl (C=O) groups is 1. The SMILES string of the molecule is CN1CCO[C@H](CNC(=O)N(Cc2ccccc2)Cc2nccs2)C1. The summed E-state index contributed by atoms with van der Waals surface area (Å²) in [6.45, 7) is 4.07. The maximum atomic E-state index is 12.7. The third-order valence-electron chi connectivity index (χ3n) is 4.14. The average molecular weight is 360 g/mol. The minimum atomic E-state index is -0.0871. The van der Waals surface area contributed by atoms with Gasteiger partial charge in [-0.05, 0) is 12.6 Å². The van der Waals surface area contributed by atoms with Gasteiger partial charge in [-0.25, -0.2) is 9.78 Å². The first-order valence-corrected chi connectivity index (χ1v) is 9.34. The zero-order valence-electron chi connectivity index (χ0n) is 14.4. The van der Waals surface area contributed by atoms with Crippen LogP contribution in [-0.2, 0) is 17.8 Å². The molecule has 2 heterocycles. The Labute approximate surface area is 152 Å². The van der Waals surface area contributed by atoms with Crippen molar-refractivity contribution in [2.24, 2.45) is 0 Å². The van der Waals surface area contributed by atoms with Gasteiger partial charge in [-0.1, -0.05) is 30.3 Å². The van der Waals surface area contributed by atoms with E-state index in [1.54, 1.807) is 22.4 Å². The fourth-order valence-electron chi connectivity index (χ4n) is 2.80. The van der Waals surface area contributed by atoms with Gasteiger partial charge >= 0.3 is 6.03 Å². The number of hydrogen-bond acceptors (Lipinski definition) is 5. The van der Waals surface area contributed by atoms with Gasteiger partial charge in [0.25, 0.3) is 0 Å². The Morgan fingerprint density at radius 2 is 2.24 bits per heavy atom. The van der Waals surface area contributed by atoms with E-state index in [2.05, 4.69) is 22.2 Å². The van der Waals surface area contributed by atoms with Crippen molar-refractivity contribution in [1.82, 2.24) is 20.1 Å². The van der Waals surface area contributed by atoms with Gasteiger partial charge in [0.2, 0.25) is 0 Å². The van der Waals surface area contributed by atoms with Crippen molar-refractivity contribution < 1.29 is 9.53 Å². The predicted octanol–water partition coefficient (Wildman–Crippen LogP) is 2.19. The quantitative estimate of drug-likeness (QED) is 0.858. The molecule has 1 fully saturated rings. The largest absolute Gasteiger partial charge is 0.374 e. The first-order valence-electron chi connectivity index (χ1n) is 8.46. The van der Waals surface area contributed by atoms with Crippen molar-refractivity contribution in [2.75, 3.05) is 33.3 Å². The van der Waals surface area contributed by atoms with E-state index in [1.165, 1.54) is 0 Å². The zero-order valence-corrected chi connectivity index (χ0v) is 15.2. The van der Waals surface area contributed by atoms with Gasteiger partial charge < -0.3 is 19.9 Å². The lowest BCUT2D eigenvalue weighted by Crippen LogP contribution is -2.48. The second-order valence-electron chi connectivity index (χ2n) is 6.21. The van der Waals surface area contributed by atoms with Gasteiger partial charge in [0.05, 0.1) is 19.3 Å². The van der Waals surface area contributed by atoms with Crippen LogP contribution >= 0.6 is 11.3 Å². The normalized spacial score (nSPS) is 18.0. The highest BCUT2D eigenvalue weighted by atomic mass is 32.1. The highest BCUT2D eigenvalue weighted by Crippen LogP contribution is 2.12. The second-order valence-corrected chi connectivity index (χ2v) is 7.19. The third-order valence-corrected chi connectivity index (χ3v) is 4.90. The lowest BCUT2D eigenvalue weighted by Gasteiger charge is -2.31. The van der Waals surface area contributed by atoms with Crippen LogP contribution in [0.1, 0.15) is 10.6 Å². The molecule has 1 aromatic carbocycles. The number of amides is 2. The standard InChI is InChI=1S/C18H24N4O2S/c1-21-8-9-24-16(13-21)11-20-18(23)22(14-17-19-7-10-25-17)12-15-5-3-2-4-6-15/h2-7,10,16H,8-9,11-14H2,1H3,(H,20,23)/t16-/m1/s1. The van der Waals surface area contributed by atoms with E-state index in [-0.39, 0.29) is 12.1 Å². The fourth-order valence-corrected chi connectivity index (χ4v) is 3.43. The highest BCUT2D eigenvalue weighted by Gasteiger charge is 2.21. The molecule has 0 unspecified atom stereocenters. The molecule has 1 saturated heterocycles. The number of rotatable bonds is 6. The Kier molecular flexibility index (Phi) is 6.38. The third kappa shape index (κ3) is 5.52. The number of ether oxygens (including phenoxy) is 1. The van der Waals surface area contributed by atoms with Crippen LogP contribution in [0.15, 0.2) is 41.9 Å². The summed E-state index contributed by atoms with van der Waals surface area (Å²) in [7, 11) is 2.07. The summed E-state index contributed by atoms with van der Waals surface area (Å²) in [5.41, 5.74) is 1.10. The molecule has 1 aliphatic heterocycles. The van der Waals surface area contributed by atoms with Crippen LogP contribution in [0.2, 0.25) is 0 Å². The van der Waals surface area contributed by atoms with E-state index in [0.717, 1.165) is 23.7 Å². The van der Waals surface area contributed by atoms with Crippen molar-refractivity contribution in [1.29, 1.82) is 0 Å². The van der Waals surface area contributed by atoms with E-state index in [0.29, 0.717) is 26.2 Å². The molecule has 2 aromatic rings. The summed E-state index contributed by atoms with van der Waals surface area (Å²) in [4.78, 5) is 21.0. The molecule has 6 nitrogen and oxygen atoms in total. The Hall–Kier alpha value is -1.96. The number of benzene rings is 1. The molecule has 0 spiro atoms. The van der Waals surface area contributed by atoms with Gasteiger partial charge in [0, 0.05) is 37.8 Å². The number of carbonyl (C=O) groups excluding carboxylic acids is 1. The minimum Gasteiger partial charge on any atom is -0.374 e. The van der Waals surface area contributed by atoms with Crippen molar-refractivity contribution >= 4 is 17.4 Å². The van der Waals surface area contributed by atoms with Gasteiger partial charge in [-0.15, -0.1) is 11.3 Å². The number of urea groups is 1. The van der Waals surface area contributed by atoms with Crippen LogP contribution < -0.4 is 5.32 Å². The average Bonchev–Trinajstić information content (AvgIpc) is 3.13. The summed E-state index contributed by atoms with van der Waals surface area (Å²) >= 11 is 1.56.